The van der Waals surface area contributed by atoms with E-state index in [9.17, 15) is 35.8 Å². The molecule has 1 aliphatic rings. The van der Waals surface area contributed by atoms with E-state index < -0.39 is 63.8 Å². The molecule has 3 rings (SSSR count). The van der Waals surface area contributed by atoms with Gasteiger partial charge in [-0.05, 0) is 36.8 Å². The molecule has 1 heterocycles. The highest BCUT2D eigenvalue weighted by molar-refractivity contribution is 7.93. The number of carbonyl (C=O) groups excluding carboxylic acids is 2. The van der Waals surface area contributed by atoms with Crippen molar-refractivity contribution in [3.8, 4) is 5.97 Å². The number of nitrogens with zero attached hydrogens (tertiary/aromatic N) is 3. The summed E-state index contributed by atoms with van der Waals surface area (Å²) < 4.78 is 85.6. The lowest BCUT2D eigenvalue weighted by atomic mass is 9.51. The minimum atomic E-state index is -4.85. The first kappa shape index (κ1) is 35.0. The SMILES string of the molecule is CB(C#N)CC(=O)N=S(C)(=O)c1cccc(NC(=O)c2cc(Cl)c(C(F)(F)F)cc2N2CCCC(F)(F)CC2)c1.CC. The zero-order chi connectivity index (χ0) is 31.9. The van der Waals surface area contributed by atoms with Crippen molar-refractivity contribution in [2.24, 2.45) is 4.36 Å². The number of amides is 2. The van der Waals surface area contributed by atoms with E-state index >= 15 is 0 Å². The van der Waals surface area contributed by atoms with Gasteiger partial charge in [-0.3, -0.25) is 9.59 Å². The van der Waals surface area contributed by atoms with E-state index in [1.54, 1.807) is 0 Å². The Bertz CT molecular complexity index is 1470. The van der Waals surface area contributed by atoms with E-state index in [-0.39, 0.29) is 47.7 Å². The van der Waals surface area contributed by atoms with Crippen molar-refractivity contribution in [3.05, 3.63) is 52.5 Å². The zero-order valence-electron chi connectivity index (χ0n) is 23.5. The van der Waals surface area contributed by atoms with Gasteiger partial charge in [0, 0.05) is 55.1 Å². The molecular weight excluding hydrogens is 602 g/mol. The lowest BCUT2D eigenvalue weighted by molar-refractivity contribution is -0.137. The molecule has 228 valence electrons. The fourth-order valence-electron chi connectivity index (χ4n) is 4.13. The van der Waals surface area contributed by atoms with Crippen molar-refractivity contribution in [2.75, 3.05) is 29.6 Å². The smallest absolute Gasteiger partial charge is 0.371 e. The van der Waals surface area contributed by atoms with Gasteiger partial charge < -0.3 is 10.2 Å². The molecule has 0 aromatic heterocycles. The predicted octanol–water partition coefficient (Wildman–Crippen LogP) is 7.43. The zero-order valence-corrected chi connectivity index (χ0v) is 25.1. The average Bonchev–Trinajstić information content (AvgIpc) is 3.08. The van der Waals surface area contributed by atoms with Crippen LogP contribution in [0.5, 0.6) is 0 Å². The Morgan fingerprint density at radius 2 is 1.86 bits per heavy atom. The molecule has 1 N–H and O–H groups in total. The fraction of sp³-hybridized carbons (Fsp3) is 0.444. The van der Waals surface area contributed by atoms with Crippen molar-refractivity contribution >= 4 is 51.2 Å². The maximum absolute atomic E-state index is 14.0. The number of nitriles is 1. The summed E-state index contributed by atoms with van der Waals surface area (Å²) >= 11 is 5.89. The molecule has 0 aliphatic carbocycles. The van der Waals surface area contributed by atoms with Crippen LogP contribution in [0.4, 0.5) is 33.3 Å². The van der Waals surface area contributed by atoms with Gasteiger partial charge in [0.05, 0.1) is 31.6 Å². The molecule has 1 saturated heterocycles. The summed E-state index contributed by atoms with van der Waals surface area (Å²) in [6, 6.07) is 7.10. The van der Waals surface area contributed by atoms with Gasteiger partial charge in [-0.1, -0.05) is 38.3 Å². The van der Waals surface area contributed by atoms with Crippen molar-refractivity contribution in [1.82, 2.24) is 0 Å². The highest BCUT2D eigenvalue weighted by atomic mass is 35.5. The molecule has 1 atom stereocenters. The third-order valence-corrected chi connectivity index (χ3v) is 8.19. The number of anilines is 2. The molecule has 0 bridgehead atoms. The summed E-state index contributed by atoms with van der Waals surface area (Å²) in [6.45, 7) is 4.61. The summed E-state index contributed by atoms with van der Waals surface area (Å²) in [5.74, 6) is -2.71. The number of nitrogens with one attached hydrogen (secondary N) is 1. The van der Waals surface area contributed by atoms with Crippen LogP contribution in [0.2, 0.25) is 18.2 Å². The normalized spacial score (nSPS) is 16.1. The standard InChI is InChI=1S/C25H25BClF5N4O3S.C2H6/c1-26(15-33)14-22(37)35-40(2,39)17-6-3-5-16(11-17)34-23(38)18-12-20(27)19(25(30,31)32)13-21(18)36-9-4-7-24(28,29)8-10-36;1-2/h3,5-6,11-13H,4,7-10,14H2,1-2H3,(H,34,38);1-2H3. The first-order valence-electron chi connectivity index (χ1n) is 13.1. The summed E-state index contributed by atoms with van der Waals surface area (Å²) in [5, 5.41) is 10.6. The van der Waals surface area contributed by atoms with Crippen molar-refractivity contribution in [1.29, 1.82) is 5.26 Å². The molecule has 2 aromatic rings. The fourth-order valence-corrected chi connectivity index (χ4v) is 5.64. The van der Waals surface area contributed by atoms with E-state index in [0.29, 0.717) is 6.07 Å². The maximum Gasteiger partial charge on any atom is 0.417 e. The second kappa shape index (κ2) is 14.3. The first-order valence-corrected chi connectivity index (χ1v) is 15.4. The van der Waals surface area contributed by atoms with Crippen LogP contribution in [0.1, 0.15) is 49.0 Å². The average molecular weight is 633 g/mol. The molecule has 2 amide bonds. The van der Waals surface area contributed by atoms with Crippen molar-refractivity contribution in [3.63, 3.8) is 0 Å². The number of carbonyl (C=O) groups is 2. The molecule has 42 heavy (non-hydrogen) atoms. The number of benzene rings is 2. The van der Waals surface area contributed by atoms with Gasteiger partial charge in [0.1, 0.15) is 0 Å². The quantitative estimate of drug-likeness (QED) is 0.264. The van der Waals surface area contributed by atoms with Crippen LogP contribution in [-0.4, -0.2) is 48.0 Å². The third kappa shape index (κ3) is 9.42. The van der Waals surface area contributed by atoms with Crippen molar-refractivity contribution in [2.45, 2.75) is 63.2 Å². The van der Waals surface area contributed by atoms with Gasteiger partial charge >= 0.3 is 6.18 Å². The maximum atomic E-state index is 14.0. The molecule has 7 nitrogen and oxygen atoms in total. The Morgan fingerprint density at radius 1 is 1.19 bits per heavy atom. The van der Waals surface area contributed by atoms with Gasteiger partial charge in [-0.15, -0.1) is 0 Å². The highest BCUT2D eigenvalue weighted by Gasteiger charge is 2.37. The first-order chi connectivity index (χ1) is 19.5. The Kier molecular flexibility index (Phi) is 12.0. The minimum Gasteiger partial charge on any atom is -0.371 e. The van der Waals surface area contributed by atoms with Gasteiger partial charge in [0.25, 0.3) is 12.6 Å². The van der Waals surface area contributed by atoms with Crippen LogP contribution in [0.3, 0.4) is 0 Å². The van der Waals surface area contributed by atoms with E-state index in [1.165, 1.54) is 42.2 Å². The Balaban J connectivity index is 0.00000301. The minimum absolute atomic E-state index is 0.000304. The molecule has 1 fully saturated rings. The topological polar surface area (TPSA) is 103 Å². The van der Waals surface area contributed by atoms with Crippen LogP contribution in [0.15, 0.2) is 45.7 Å². The predicted molar refractivity (Wildman–Crippen MR) is 155 cm³/mol. The van der Waals surface area contributed by atoms with Gasteiger partial charge in [0.2, 0.25) is 11.8 Å². The number of rotatable bonds is 6. The summed E-state index contributed by atoms with van der Waals surface area (Å²) in [4.78, 5) is 26.8. The number of hydrogen-bond donors (Lipinski definition) is 1. The van der Waals surface area contributed by atoms with Gasteiger partial charge in [-0.25, -0.2) is 18.3 Å². The molecular formula is C27H31BClF5N4O3S. The monoisotopic (exact) mass is 632 g/mol. The molecule has 0 saturated carbocycles. The van der Waals surface area contributed by atoms with Crippen LogP contribution in [-0.2, 0) is 20.7 Å². The van der Waals surface area contributed by atoms with E-state index in [4.69, 9.17) is 16.9 Å². The Labute approximate surface area is 247 Å². The lowest BCUT2D eigenvalue weighted by Gasteiger charge is -2.27. The summed E-state index contributed by atoms with van der Waals surface area (Å²) in [6.07, 6.45) is -4.89. The van der Waals surface area contributed by atoms with Gasteiger partial charge in [-0.2, -0.15) is 17.5 Å². The molecule has 0 radical (unpaired) electrons. The highest BCUT2D eigenvalue weighted by Crippen LogP contribution is 2.40. The number of halogens is 6. The van der Waals surface area contributed by atoms with Gasteiger partial charge in [0.15, 0.2) is 0 Å². The third-order valence-electron chi connectivity index (χ3n) is 6.20. The van der Waals surface area contributed by atoms with Crippen LogP contribution >= 0.6 is 11.6 Å². The second-order valence-corrected chi connectivity index (χ2v) is 12.2. The molecule has 2 aromatic carbocycles. The van der Waals surface area contributed by atoms with Crippen LogP contribution in [0, 0.1) is 11.2 Å². The number of alkyl halides is 5. The molecule has 0 spiro atoms. The number of hydrogen-bond acceptors (Lipinski definition) is 5. The van der Waals surface area contributed by atoms with E-state index in [2.05, 4.69) is 9.68 Å². The lowest BCUT2D eigenvalue weighted by Crippen LogP contribution is -2.29. The Hall–Kier alpha value is -3.18. The van der Waals surface area contributed by atoms with E-state index in [0.717, 1.165) is 6.07 Å². The molecule has 1 aliphatic heterocycles. The Morgan fingerprint density at radius 3 is 2.48 bits per heavy atom. The van der Waals surface area contributed by atoms with Crippen LogP contribution in [0.25, 0.3) is 0 Å². The summed E-state index contributed by atoms with van der Waals surface area (Å²) in [7, 11) is -3.27. The molecule has 15 heteroatoms. The largest absolute Gasteiger partial charge is 0.417 e. The molecule has 1 unspecified atom stereocenters. The van der Waals surface area contributed by atoms with Crippen LogP contribution < -0.4 is 10.2 Å². The summed E-state index contributed by atoms with van der Waals surface area (Å²) in [5.41, 5.74) is -1.58. The second-order valence-electron chi connectivity index (χ2n) is 9.55. The van der Waals surface area contributed by atoms with E-state index in [1.807, 2.05) is 19.8 Å². The van der Waals surface area contributed by atoms with Crippen molar-refractivity contribution < 1.29 is 35.8 Å².